The Balaban J connectivity index is 1.51. The zero-order valence-corrected chi connectivity index (χ0v) is 19.8. The third-order valence-corrected chi connectivity index (χ3v) is 7.09. The maximum Gasteiger partial charge on any atom is 0.125 e. The summed E-state index contributed by atoms with van der Waals surface area (Å²) in [5, 5.41) is 19.8. The molecule has 3 aromatic rings. The zero-order chi connectivity index (χ0) is 23.7. The Kier molecular flexibility index (Phi) is 6.16. The number of aryl methyl sites for hydroxylation is 1. The molecular weight excluding hydrogens is 444 g/mol. The van der Waals surface area contributed by atoms with Crippen molar-refractivity contribution < 1.29 is 4.74 Å². The molecule has 0 aromatic heterocycles. The van der Waals surface area contributed by atoms with Crippen molar-refractivity contribution in [3.05, 3.63) is 93.5 Å². The lowest BCUT2D eigenvalue weighted by atomic mass is 9.94. The molecular formula is C28H25ClN4O. The van der Waals surface area contributed by atoms with Crippen molar-refractivity contribution in [2.24, 2.45) is 0 Å². The average molecular weight is 469 g/mol. The minimum absolute atomic E-state index is 0.0745. The smallest absolute Gasteiger partial charge is 0.125 e. The summed E-state index contributed by atoms with van der Waals surface area (Å²) in [4.78, 5) is 4.88. The number of fused-ring (bicyclic) bond motifs is 1. The fraction of sp³-hybridized carbons (Fsp3) is 0.286. The Morgan fingerprint density at radius 1 is 0.941 bits per heavy atom. The second kappa shape index (κ2) is 9.39. The summed E-state index contributed by atoms with van der Waals surface area (Å²) in [5.41, 5.74) is 5.68. The molecule has 6 heteroatoms. The van der Waals surface area contributed by atoms with Crippen molar-refractivity contribution in [3.8, 4) is 17.9 Å². The predicted molar refractivity (Wildman–Crippen MR) is 133 cm³/mol. The first kappa shape index (κ1) is 22.3. The van der Waals surface area contributed by atoms with Crippen LogP contribution < -0.4 is 9.64 Å². The van der Waals surface area contributed by atoms with E-state index in [9.17, 15) is 10.5 Å². The van der Waals surface area contributed by atoms with Crippen LogP contribution in [0.25, 0.3) is 0 Å². The van der Waals surface area contributed by atoms with Crippen LogP contribution in [0, 0.1) is 29.6 Å². The topological polar surface area (TPSA) is 63.3 Å². The zero-order valence-electron chi connectivity index (χ0n) is 19.0. The number of benzene rings is 3. The van der Waals surface area contributed by atoms with Gasteiger partial charge >= 0.3 is 0 Å². The largest absolute Gasteiger partial charge is 0.493 e. The molecule has 2 aliphatic heterocycles. The lowest BCUT2D eigenvalue weighted by Crippen LogP contribution is -2.50. The van der Waals surface area contributed by atoms with Gasteiger partial charge in [-0.05, 0) is 54.4 Å². The Morgan fingerprint density at radius 2 is 1.76 bits per heavy atom. The Bertz CT molecular complexity index is 1290. The Labute approximate surface area is 205 Å². The molecule has 0 amide bonds. The van der Waals surface area contributed by atoms with Gasteiger partial charge in [0.1, 0.15) is 11.8 Å². The highest BCUT2D eigenvalue weighted by atomic mass is 35.5. The maximum atomic E-state index is 9.83. The fourth-order valence-corrected chi connectivity index (χ4v) is 5.28. The van der Waals surface area contributed by atoms with Crippen molar-refractivity contribution in [1.29, 1.82) is 10.5 Å². The molecule has 2 heterocycles. The van der Waals surface area contributed by atoms with Gasteiger partial charge in [-0.1, -0.05) is 35.9 Å². The normalized spacial score (nSPS) is 20.1. The molecule has 0 spiro atoms. The van der Waals surface area contributed by atoms with Gasteiger partial charge in [0.05, 0.1) is 35.5 Å². The third kappa shape index (κ3) is 4.21. The summed E-state index contributed by atoms with van der Waals surface area (Å²) in [7, 11) is 0. The van der Waals surface area contributed by atoms with Crippen molar-refractivity contribution in [2.75, 3.05) is 31.1 Å². The molecule has 1 saturated heterocycles. The number of piperazine rings is 1. The van der Waals surface area contributed by atoms with Crippen molar-refractivity contribution in [1.82, 2.24) is 4.90 Å². The van der Waals surface area contributed by atoms with Gasteiger partial charge in [-0.25, -0.2) is 0 Å². The lowest BCUT2D eigenvalue weighted by Gasteiger charge is -2.47. The molecule has 170 valence electrons. The van der Waals surface area contributed by atoms with E-state index >= 15 is 0 Å². The van der Waals surface area contributed by atoms with Crippen LogP contribution in [0.1, 0.15) is 46.3 Å². The van der Waals surface area contributed by atoms with Gasteiger partial charge < -0.3 is 9.64 Å². The molecule has 1 unspecified atom stereocenters. The highest BCUT2D eigenvalue weighted by Gasteiger charge is 2.35. The number of nitriles is 2. The van der Waals surface area contributed by atoms with Gasteiger partial charge in [0.25, 0.3) is 0 Å². The summed E-state index contributed by atoms with van der Waals surface area (Å²) in [6.45, 7) is 5.12. The molecule has 5 nitrogen and oxygen atoms in total. The average Bonchev–Trinajstić information content (AvgIpc) is 2.88. The van der Waals surface area contributed by atoms with E-state index in [0.717, 1.165) is 48.6 Å². The highest BCUT2D eigenvalue weighted by molar-refractivity contribution is 6.30. The van der Waals surface area contributed by atoms with Crippen LogP contribution in [0.2, 0.25) is 5.02 Å². The van der Waals surface area contributed by atoms with Crippen LogP contribution in [-0.2, 0) is 0 Å². The number of ether oxygens (including phenoxy) is 1. The minimum atomic E-state index is 0.0745. The first-order valence-corrected chi connectivity index (χ1v) is 11.9. The number of nitrogens with zero attached hydrogens (tertiary/aromatic N) is 4. The molecule has 1 fully saturated rings. The number of anilines is 1. The van der Waals surface area contributed by atoms with Gasteiger partial charge in [-0.15, -0.1) is 0 Å². The molecule has 34 heavy (non-hydrogen) atoms. The van der Waals surface area contributed by atoms with E-state index in [-0.39, 0.29) is 12.1 Å². The second-order valence-corrected chi connectivity index (χ2v) is 9.34. The van der Waals surface area contributed by atoms with E-state index in [2.05, 4.69) is 46.2 Å². The van der Waals surface area contributed by atoms with Gasteiger partial charge in [0, 0.05) is 42.7 Å². The molecule has 0 bridgehead atoms. The molecule has 0 saturated carbocycles. The van der Waals surface area contributed by atoms with Crippen LogP contribution >= 0.6 is 11.6 Å². The summed E-state index contributed by atoms with van der Waals surface area (Å²) in [6.07, 6.45) is 0.903. The summed E-state index contributed by atoms with van der Waals surface area (Å²) < 4.78 is 5.90. The number of hydrogen-bond acceptors (Lipinski definition) is 5. The van der Waals surface area contributed by atoms with E-state index in [1.54, 1.807) is 0 Å². The molecule has 0 N–H and O–H groups in total. The minimum Gasteiger partial charge on any atom is -0.493 e. The lowest BCUT2D eigenvalue weighted by molar-refractivity contribution is 0.117. The summed E-state index contributed by atoms with van der Waals surface area (Å²) >= 11 is 6.20. The fourth-order valence-electron chi connectivity index (χ4n) is 5.16. The summed E-state index contributed by atoms with van der Waals surface area (Å²) in [5.74, 6) is 0.811. The Hall–Kier alpha value is -3.51. The molecule has 3 aromatic carbocycles. The van der Waals surface area contributed by atoms with E-state index in [1.807, 2.05) is 43.3 Å². The Morgan fingerprint density at radius 3 is 2.53 bits per heavy atom. The quantitative estimate of drug-likeness (QED) is 0.487. The van der Waals surface area contributed by atoms with Crippen molar-refractivity contribution in [3.63, 3.8) is 0 Å². The van der Waals surface area contributed by atoms with Gasteiger partial charge in [-0.2, -0.15) is 10.5 Å². The molecule has 0 aliphatic carbocycles. The first-order valence-electron chi connectivity index (χ1n) is 11.5. The van der Waals surface area contributed by atoms with Crippen LogP contribution in [-0.4, -0.2) is 31.1 Å². The number of hydrogen-bond donors (Lipinski definition) is 0. The van der Waals surface area contributed by atoms with Crippen LogP contribution in [0.3, 0.4) is 0 Å². The van der Waals surface area contributed by atoms with Crippen LogP contribution in [0.15, 0.2) is 60.7 Å². The first-order chi connectivity index (χ1) is 16.6. The molecule has 0 radical (unpaired) electrons. The van der Waals surface area contributed by atoms with E-state index in [0.29, 0.717) is 22.8 Å². The van der Waals surface area contributed by atoms with E-state index in [1.165, 1.54) is 5.56 Å². The predicted octanol–water partition coefficient (Wildman–Crippen LogP) is 5.78. The standard InChI is InChI=1S/C28H25ClN4O/c1-19-2-9-25(22(14-19)17-31)33-12-11-32(18-27(33)21-4-6-23(29)7-5-21)26-10-13-34-28-15-20(16-30)3-8-24(26)28/h2-9,14-15,26-27H,10-13,18H2,1H3/t26?,27-/m0/s1. The van der Waals surface area contributed by atoms with E-state index < -0.39 is 0 Å². The number of halogens is 1. The highest BCUT2D eigenvalue weighted by Crippen LogP contribution is 2.41. The van der Waals surface area contributed by atoms with E-state index in [4.69, 9.17) is 16.3 Å². The molecule has 2 aliphatic rings. The van der Waals surface area contributed by atoms with Gasteiger partial charge in [-0.3, -0.25) is 4.90 Å². The van der Waals surface area contributed by atoms with Gasteiger partial charge in [0.2, 0.25) is 0 Å². The SMILES string of the molecule is Cc1ccc(N2CCN(C3CCOc4cc(C#N)ccc43)C[C@H]2c2ccc(Cl)cc2)c(C#N)c1. The third-order valence-electron chi connectivity index (χ3n) is 6.84. The monoisotopic (exact) mass is 468 g/mol. The van der Waals surface area contributed by atoms with Crippen molar-refractivity contribution >= 4 is 17.3 Å². The number of rotatable bonds is 3. The van der Waals surface area contributed by atoms with Crippen LogP contribution in [0.5, 0.6) is 5.75 Å². The van der Waals surface area contributed by atoms with Crippen LogP contribution in [0.4, 0.5) is 5.69 Å². The van der Waals surface area contributed by atoms with Crippen molar-refractivity contribution in [2.45, 2.75) is 25.4 Å². The summed E-state index contributed by atoms with van der Waals surface area (Å²) in [6, 6.07) is 24.8. The van der Waals surface area contributed by atoms with Gasteiger partial charge in [0.15, 0.2) is 0 Å². The molecule has 5 rings (SSSR count). The second-order valence-electron chi connectivity index (χ2n) is 8.91. The molecule has 2 atom stereocenters. The maximum absolute atomic E-state index is 9.83.